The number of carbonyl (C=O) groups excluding carboxylic acids is 1. The summed E-state index contributed by atoms with van der Waals surface area (Å²) >= 11 is 0. The summed E-state index contributed by atoms with van der Waals surface area (Å²) in [5, 5.41) is 15.8. The van der Waals surface area contributed by atoms with Crippen LogP contribution in [0, 0.1) is 5.92 Å². The average Bonchev–Trinajstić information content (AvgIpc) is 3.00. The smallest absolute Gasteiger partial charge is 0.255 e. The van der Waals surface area contributed by atoms with Crippen LogP contribution in [0.5, 0.6) is 0 Å². The zero-order valence-electron chi connectivity index (χ0n) is 14.1. The summed E-state index contributed by atoms with van der Waals surface area (Å²) in [6.07, 6.45) is 9.28. The second-order valence-corrected chi connectivity index (χ2v) is 6.72. The van der Waals surface area contributed by atoms with Crippen LogP contribution in [-0.2, 0) is 6.42 Å². The second kappa shape index (κ2) is 7.01. The van der Waals surface area contributed by atoms with Crippen molar-refractivity contribution in [3.8, 4) is 0 Å². The van der Waals surface area contributed by atoms with Crippen molar-refractivity contribution in [2.45, 2.75) is 25.7 Å². The van der Waals surface area contributed by atoms with Crippen molar-refractivity contribution in [1.29, 1.82) is 0 Å². The van der Waals surface area contributed by atoms with E-state index in [4.69, 9.17) is 0 Å². The maximum absolute atomic E-state index is 12.6. The molecule has 0 bridgehead atoms. The molecule has 4 rings (SSSR count). The van der Waals surface area contributed by atoms with Gasteiger partial charge in [0.25, 0.3) is 5.91 Å². The number of nitrogens with zero attached hydrogens (tertiary/aromatic N) is 4. The summed E-state index contributed by atoms with van der Waals surface area (Å²) in [6.45, 7) is 1.62. The normalized spacial score (nSPS) is 18.2. The van der Waals surface area contributed by atoms with Crippen molar-refractivity contribution < 1.29 is 4.79 Å². The summed E-state index contributed by atoms with van der Waals surface area (Å²) in [4.78, 5) is 14.5. The highest BCUT2D eigenvalue weighted by molar-refractivity contribution is 5.93. The van der Waals surface area contributed by atoms with Crippen LogP contribution in [0.25, 0.3) is 10.9 Å². The van der Waals surface area contributed by atoms with Gasteiger partial charge in [0.2, 0.25) is 0 Å². The molecular weight excluding hydrogens is 314 g/mol. The summed E-state index contributed by atoms with van der Waals surface area (Å²) in [7, 11) is 0. The molecule has 1 atom stereocenters. The highest BCUT2D eigenvalue weighted by Crippen LogP contribution is 2.24. The number of aromatic nitrogens is 4. The molecule has 6 nitrogen and oxygen atoms in total. The number of likely N-dealkylation sites (tertiary alicyclic amines) is 1. The summed E-state index contributed by atoms with van der Waals surface area (Å²) in [5.41, 5.74) is 3.04. The quantitative estimate of drug-likeness (QED) is 0.798. The van der Waals surface area contributed by atoms with Gasteiger partial charge in [0.15, 0.2) is 0 Å². The Bertz CT molecular complexity index is 860. The Morgan fingerprint density at radius 3 is 3.00 bits per heavy atom. The van der Waals surface area contributed by atoms with Crippen molar-refractivity contribution in [3.05, 3.63) is 54.0 Å². The number of amides is 1. The average molecular weight is 335 g/mol. The third kappa shape index (κ3) is 3.52. The van der Waals surface area contributed by atoms with Crippen LogP contribution in [-0.4, -0.2) is 44.3 Å². The first-order valence-corrected chi connectivity index (χ1v) is 8.77. The van der Waals surface area contributed by atoms with Crippen molar-refractivity contribution in [2.75, 3.05) is 13.1 Å². The molecule has 2 aromatic heterocycles. The van der Waals surface area contributed by atoms with E-state index in [1.807, 2.05) is 11.1 Å². The first-order valence-electron chi connectivity index (χ1n) is 8.77. The minimum absolute atomic E-state index is 0.0652. The number of nitrogens with one attached hydrogen (secondary N) is 1. The van der Waals surface area contributed by atoms with Gasteiger partial charge < -0.3 is 4.90 Å². The first-order chi connectivity index (χ1) is 12.3. The number of rotatable bonds is 3. The number of hydrogen-bond acceptors (Lipinski definition) is 4. The van der Waals surface area contributed by atoms with Gasteiger partial charge >= 0.3 is 0 Å². The highest BCUT2D eigenvalue weighted by atomic mass is 16.2. The van der Waals surface area contributed by atoms with Gasteiger partial charge in [-0.1, -0.05) is 6.07 Å². The third-order valence-electron chi connectivity index (χ3n) is 5.00. The standard InChI is InChI=1S/C19H21N5O/c25-19(16-5-7-20-21-12-16)24-8-1-2-14(6-9-24)10-15-3-4-18-17(11-15)13-22-23-18/h3-5,7,11-14H,1-2,6,8-10H2,(H,22,23)/t14-/m1/s1. The number of carbonyl (C=O) groups is 1. The zero-order valence-corrected chi connectivity index (χ0v) is 14.1. The first kappa shape index (κ1) is 15.7. The van der Waals surface area contributed by atoms with Crippen molar-refractivity contribution in [2.24, 2.45) is 5.92 Å². The minimum atomic E-state index is 0.0652. The predicted molar refractivity (Wildman–Crippen MR) is 95.1 cm³/mol. The molecule has 0 spiro atoms. The van der Waals surface area contributed by atoms with E-state index >= 15 is 0 Å². The van der Waals surface area contributed by atoms with E-state index in [0.717, 1.165) is 49.7 Å². The van der Waals surface area contributed by atoms with Gasteiger partial charge in [-0.05, 0) is 55.4 Å². The van der Waals surface area contributed by atoms with Crippen LogP contribution in [0.4, 0.5) is 0 Å². The van der Waals surface area contributed by atoms with Crippen LogP contribution in [0.1, 0.15) is 35.2 Å². The number of aromatic amines is 1. The zero-order chi connectivity index (χ0) is 17.1. The number of fused-ring (bicyclic) bond motifs is 1. The van der Waals surface area contributed by atoms with Crippen LogP contribution in [0.2, 0.25) is 0 Å². The Balaban J connectivity index is 1.40. The number of hydrogen-bond donors (Lipinski definition) is 1. The number of benzene rings is 1. The Labute approximate surface area is 146 Å². The molecule has 0 saturated carbocycles. The van der Waals surface area contributed by atoms with E-state index in [1.165, 1.54) is 5.56 Å². The fourth-order valence-electron chi connectivity index (χ4n) is 3.62. The van der Waals surface area contributed by atoms with Crippen LogP contribution < -0.4 is 0 Å². The molecule has 1 aromatic carbocycles. The molecule has 1 aliphatic rings. The maximum atomic E-state index is 12.6. The Kier molecular flexibility index (Phi) is 4.41. The SMILES string of the molecule is O=C(c1ccnnc1)N1CCC[C@@H](Cc2ccc3[nH]ncc3c2)CC1. The Morgan fingerprint density at radius 1 is 1.16 bits per heavy atom. The van der Waals surface area contributed by atoms with Gasteiger partial charge in [0.05, 0.1) is 29.7 Å². The largest absolute Gasteiger partial charge is 0.339 e. The van der Waals surface area contributed by atoms with Crippen LogP contribution >= 0.6 is 0 Å². The van der Waals surface area contributed by atoms with E-state index in [9.17, 15) is 4.79 Å². The highest BCUT2D eigenvalue weighted by Gasteiger charge is 2.22. The molecule has 6 heteroatoms. The summed E-state index contributed by atoms with van der Waals surface area (Å²) in [6, 6.07) is 8.23. The lowest BCUT2D eigenvalue weighted by Crippen LogP contribution is -2.32. The lowest BCUT2D eigenvalue weighted by Gasteiger charge is -2.20. The van der Waals surface area contributed by atoms with Crippen LogP contribution in [0.3, 0.4) is 0 Å². The summed E-state index contributed by atoms with van der Waals surface area (Å²) in [5.74, 6) is 0.674. The van der Waals surface area contributed by atoms with Gasteiger partial charge in [0, 0.05) is 18.5 Å². The Hall–Kier alpha value is -2.76. The topological polar surface area (TPSA) is 74.8 Å². The molecule has 0 unspecified atom stereocenters. The van der Waals surface area contributed by atoms with Gasteiger partial charge in [-0.2, -0.15) is 15.3 Å². The fourth-order valence-corrected chi connectivity index (χ4v) is 3.62. The molecule has 128 valence electrons. The lowest BCUT2D eigenvalue weighted by molar-refractivity contribution is 0.0759. The van der Waals surface area contributed by atoms with Gasteiger partial charge in [0.1, 0.15) is 0 Å². The monoisotopic (exact) mass is 335 g/mol. The number of H-pyrrole nitrogens is 1. The molecule has 1 N–H and O–H groups in total. The molecule has 1 fully saturated rings. The Morgan fingerprint density at radius 2 is 2.12 bits per heavy atom. The van der Waals surface area contributed by atoms with Crippen molar-refractivity contribution in [1.82, 2.24) is 25.3 Å². The molecule has 0 radical (unpaired) electrons. The van der Waals surface area contributed by atoms with Gasteiger partial charge in [-0.15, -0.1) is 0 Å². The van der Waals surface area contributed by atoms with E-state index < -0.39 is 0 Å². The lowest BCUT2D eigenvalue weighted by atomic mass is 9.92. The molecule has 3 heterocycles. The maximum Gasteiger partial charge on any atom is 0.255 e. The minimum Gasteiger partial charge on any atom is -0.339 e. The van der Waals surface area contributed by atoms with E-state index in [0.29, 0.717) is 11.5 Å². The predicted octanol–water partition coefficient (Wildman–Crippen LogP) is 2.84. The molecule has 25 heavy (non-hydrogen) atoms. The second-order valence-electron chi connectivity index (χ2n) is 6.72. The molecule has 3 aromatic rings. The molecule has 1 saturated heterocycles. The fraction of sp³-hybridized carbons (Fsp3) is 0.368. The molecular formula is C19H21N5O. The van der Waals surface area contributed by atoms with Gasteiger partial charge in [-0.25, -0.2) is 0 Å². The van der Waals surface area contributed by atoms with E-state index in [2.05, 4.69) is 38.6 Å². The third-order valence-corrected chi connectivity index (χ3v) is 5.00. The van der Waals surface area contributed by atoms with Crippen molar-refractivity contribution >= 4 is 16.8 Å². The van der Waals surface area contributed by atoms with Gasteiger partial charge in [-0.3, -0.25) is 9.89 Å². The molecule has 0 aliphatic carbocycles. The van der Waals surface area contributed by atoms with Crippen LogP contribution in [0.15, 0.2) is 42.9 Å². The molecule has 1 amide bonds. The van der Waals surface area contributed by atoms with Crippen molar-refractivity contribution in [3.63, 3.8) is 0 Å². The molecule has 1 aliphatic heterocycles. The van der Waals surface area contributed by atoms with E-state index in [1.54, 1.807) is 18.5 Å². The van der Waals surface area contributed by atoms with E-state index in [-0.39, 0.29) is 5.91 Å². The summed E-state index contributed by atoms with van der Waals surface area (Å²) < 4.78 is 0.